The number of carboxylic acid groups (broad SMARTS) is 1. The van der Waals surface area contributed by atoms with E-state index in [0.29, 0.717) is 10.1 Å². The van der Waals surface area contributed by atoms with E-state index >= 15 is 0 Å². The fourth-order valence-corrected chi connectivity index (χ4v) is 2.63. The molecule has 0 aromatic rings. The van der Waals surface area contributed by atoms with Gasteiger partial charge in [-0.05, 0) is 6.92 Å². The largest absolute Gasteiger partial charge is 0.477 e. The summed E-state index contributed by atoms with van der Waals surface area (Å²) in [5.74, 6) is -0.935. The van der Waals surface area contributed by atoms with Crippen molar-refractivity contribution in [1.29, 1.82) is 0 Å². The van der Waals surface area contributed by atoms with Crippen molar-refractivity contribution < 1.29 is 9.90 Å². The van der Waals surface area contributed by atoms with E-state index in [1.54, 1.807) is 18.0 Å². The van der Waals surface area contributed by atoms with E-state index in [1.165, 1.54) is 11.8 Å². The molecule has 70 valence electrons. The monoisotopic (exact) mass is 218 g/mol. The molecule has 2 aliphatic rings. The second kappa shape index (κ2) is 2.85. The molecule has 0 fully saturated rings. The van der Waals surface area contributed by atoms with E-state index in [0.717, 1.165) is 0 Å². The van der Waals surface area contributed by atoms with Crippen molar-refractivity contribution in [3.8, 4) is 0 Å². The van der Waals surface area contributed by atoms with Gasteiger partial charge in [-0.25, -0.2) is 4.79 Å². The molecule has 1 atom stereocenters. The number of hydrogen-bond donors (Lipinski definition) is 2. The van der Waals surface area contributed by atoms with Gasteiger partial charge >= 0.3 is 5.97 Å². The van der Waals surface area contributed by atoms with Crippen molar-refractivity contribution in [2.75, 3.05) is 0 Å². The van der Waals surface area contributed by atoms with E-state index in [2.05, 4.69) is 5.32 Å². The van der Waals surface area contributed by atoms with Crippen LogP contribution in [0, 0.1) is 0 Å². The van der Waals surface area contributed by atoms with Gasteiger partial charge in [-0.1, -0.05) is 23.4 Å². The number of allylic oxidation sites excluding steroid dienone is 1. The molecule has 0 saturated carbocycles. The zero-order valence-electron chi connectivity index (χ0n) is 6.74. The molecule has 0 aliphatic carbocycles. The zero-order valence-corrected chi connectivity index (χ0v) is 8.32. The molecule has 0 saturated heterocycles. The van der Waals surface area contributed by atoms with Gasteiger partial charge in [-0.3, -0.25) is 0 Å². The quantitative estimate of drug-likeness (QED) is 0.695. The van der Waals surface area contributed by atoms with Crippen molar-refractivity contribution in [3.05, 3.63) is 22.0 Å². The lowest BCUT2D eigenvalue weighted by Crippen LogP contribution is -2.28. The summed E-state index contributed by atoms with van der Waals surface area (Å²) in [6, 6.07) is 0. The van der Waals surface area contributed by atoms with Gasteiger partial charge in [0.2, 0.25) is 0 Å². The van der Waals surface area contributed by atoms with Gasteiger partial charge < -0.3 is 15.3 Å². The molecule has 2 heterocycles. The first-order chi connectivity index (χ1) is 6.09. The Morgan fingerprint density at radius 2 is 2.54 bits per heavy atom. The van der Waals surface area contributed by atoms with Gasteiger partial charge in [0, 0.05) is 11.9 Å². The highest BCUT2D eigenvalue weighted by molar-refractivity contribution is 8.05. The van der Waals surface area contributed by atoms with E-state index in [-0.39, 0.29) is 11.2 Å². The van der Waals surface area contributed by atoms with Crippen molar-refractivity contribution in [2.24, 2.45) is 0 Å². The summed E-state index contributed by atoms with van der Waals surface area (Å²) in [5.41, 5.74) is 0.858. The Kier molecular flexibility index (Phi) is 1.92. The normalized spacial score (nSPS) is 25.8. The van der Waals surface area contributed by atoms with Gasteiger partial charge in [0.15, 0.2) is 5.50 Å². The fraction of sp³-hybridized carbons (Fsp3) is 0.286. The molecule has 13 heavy (non-hydrogen) atoms. The number of thioether (sulfide) groups is 1. The van der Waals surface area contributed by atoms with Crippen LogP contribution >= 0.6 is 23.4 Å². The number of hydrogen-bond acceptors (Lipinski definition) is 4. The lowest BCUT2D eigenvalue weighted by Gasteiger charge is -2.15. The van der Waals surface area contributed by atoms with Gasteiger partial charge in [0.05, 0.1) is 4.36 Å². The first kappa shape index (κ1) is 8.77. The number of nitrogens with zero attached hydrogens (tertiary/aromatic N) is 1. The molecule has 6 heteroatoms. The first-order valence-corrected chi connectivity index (χ1v) is 4.88. The zero-order chi connectivity index (χ0) is 9.59. The third-order valence-electron chi connectivity index (χ3n) is 1.87. The summed E-state index contributed by atoms with van der Waals surface area (Å²) < 4.78 is 0.601. The van der Waals surface area contributed by atoms with Gasteiger partial charge in [0.1, 0.15) is 5.70 Å². The Morgan fingerprint density at radius 1 is 1.85 bits per heavy atom. The number of rotatable bonds is 1. The lowest BCUT2D eigenvalue weighted by molar-refractivity contribution is -0.134. The average molecular weight is 219 g/mol. The molecular weight excluding hydrogens is 212 g/mol. The number of carbonyl (C=O) groups is 1. The van der Waals surface area contributed by atoms with Gasteiger partial charge in [0.25, 0.3) is 0 Å². The summed E-state index contributed by atoms with van der Waals surface area (Å²) in [5, 5.41) is 11.9. The molecule has 0 spiro atoms. The third kappa shape index (κ3) is 1.28. The van der Waals surface area contributed by atoms with Crippen LogP contribution in [-0.2, 0) is 4.79 Å². The topological polar surface area (TPSA) is 52.6 Å². The summed E-state index contributed by atoms with van der Waals surface area (Å²) in [7, 11) is 0. The lowest BCUT2D eigenvalue weighted by atomic mass is 10.3. The van der Waals surface area contributed by atoms with Crippen LogP contribution in [0.1, 0.15) is 6.92 Å². The van der Waals surface area contributed by atoms with Crippen LogP contribution in [0.2, 0.25) is 0 Å². The second-order valence-corrected chi connectivity index (χ2v) is 4.49. The molecule has 0 radical (unpaired) electrons. The first-order valence-electron chi connectivity index (χ1n) is 3.62. The van der Waals surface area contributed by atoms with Crippen LogP contribution in [0.15, 0.2) is 22.0 Å². The Balaban J connectivity index is 2.35. The molecule has 0 aromatic carbocycles. The summed E-state index contributed by atoms with van der Waals surface area (Å²) in [6.07, 6.45) is 1.63. The number of carboxylic acids is 1. The highest BCUT2D eigenvalue weighted by atomic mass is 35.5. The minimum Gasteiger partial charge on any atom is -0.477 e. The van der Waals surface area contributed by atoms with Crippen LogP contribution in [0.3, 0.4) is 0 Å². The molecule has 2 N–H and O–H groups in total. The third-order valence-corrected chi connectivity index (χ3v) is 3.14. The number of fused-ring (bicyclic) bond motifs is 1. The number of halogens is 1. The van der Waals surface area contributed by atoms with Crippen molar-refractivity contribution in [3.63, 3.8) is 0 Å². The molecule has 0 aromatic heterocycles. The molecular formula is C7H7ClN2O2S. The molecule has 4 nitrogen and oxygen atoms in total. The average Bonchev–Trinajstić information content (AvgIpc) is 2.41. The minimum atomic E-state index is -0.935. The molecule has 2 aliphatic heterocycles. The van der Waals surface area contributed by atoms with Crippen LogP contribution < -0.4 is 5.32 Å². The van der Waals surface area contributed by atoms with E-state index < -0.39 is 5.97 Å². The standard InChI is InChI=1S/C7H7ClN2O2S/c1-3-5(6(11)12)10-2-4(8)13-7(10)9-3/h2,7,9H,1H3,(H,11,12). The SMILES string of the molecule is CC1=C(C(=O)O)N2C=C(Cl)SC2N1. The van der Waals surface area contributed by atoms with E-state index in [9.17, 15) is 4.79 Å². The highest BCUT2D eigenvalue weighted by Gasteiger charge is 2.37. The van der Waals surface area contributed by atoms with E-state index in [4.69, 9.17) is 16.7 Å². The Labute approximate surface area is 84.2 Å². The van der Waals surface area contributed by atoms with Crippen LogP contribution in [0.25, 0.3) is 0 Å². The van der Waals surface area contributed by atoms with E-state index in [1.807, 2.05) is 0 Å². The predicted molar refractivity (Wildman–Crippen MR) is 50.6 cm³/mol. The molecule has 2 rings (SSSR count). The van der Waals surface area contributed by atoms with Crippen molar-refractivity contribution in [1.82, 2.24) is 10.2 Å². The maximum atomic E-state index is 10.8. The van der Waals surface area contributed by atoms with Crippen LogP contribution in [0.5, 0.6) is 0 Å². The van der Waals surface area contributed by atoms with Crippen molar-refractivity contribution >= 4 is 29.3 Å². The van der Waals surface area contributed by atoms with Gasteiger partial charge in [-0.15, -0.1) is 0 Å². The summed E-state index contributed by atoms with van der Waals surface area (Å²) in [6.45, 7) is 1.74. The Bertz CT molecular complexity index is 339. The maximum absolute atomic E-state index is 10.8. The maximum Gasteiger partial charge on any atom is 0.354 e. The Morgan fingerprint density at radius 3 is 3.15 bits per heavy atom. The summed E-state index contributed by atoms with van der Waals surface area (Å²) in [4.78, 5) is 12.5. The second-order valence-electron chi connectivity index (χ2n) is 2.73. The highest BCUT2D eigenvalue weighted by Crippen LogP contribution is 2.40. The summed E-state index contributed by atoms with van der Waals surface area (Å²) >= 11 is 7.16. The Hall–Kier alpha value is -0.810. The molecule has 0 amide bonds. The fourth-order valence-electron chi connectivity index (χ4n) is 1.37. The molecule has 1 unspecified atom stereocenters. The number of aliphatic carboxylic acids is 1. The van der Waals surface area contributed by atoms with Crippen LogP contribution in [0.4, 0.5) is 0 Å². The molecule has 0 bridgehead atoms. The van der Waals surface area contributed by atoms with Crippen LogP contribution in [-0.4, -0.2) is 21.5 Å². The smallest absolute Gasteiger partial charge is 0.354 e. The van der Waals surface area contributed by atoms with Crippen molar-refractivity contribution in [2.45, 2.75) is 12.4 Å². The van der Waals surface area contributed by atoms with Gasteiger partial charge in [-0.2, -0.15) is 0 Å². The minimum absolute atomic E-state index is 0.0846. The predicted octanol–water partition coefficient (Wildman–Crippen LogP) is 1.28. The number of nitrogens with one attached hydrogen (secondary N) is 1.